The van der Waals surface area contributed by atoms with Gasteiger partial charge in [-0.15, -0.1) is 0 Å². The van der Waals surface area contributed by atoms with Crippen LogP contribution in [-0.4, -0.2) is 107 Å². The molecule has 3 N–H and O–H groups in total. The number of hydrogen-bond donors (Lipinski definition) is 3. The Balaban J connectivity index is 1.06. The van der Waals surface area contributed by atoms with Crippen molar-refractivity contribution >= 4 is 33.8 Å². The highest BCUT2D eigenvalue weighted by atomic mass is 16.6. The first-order chi connectivity index (χ1) is 27.5. The summed E-state index contributed by atoms with van der Waals surface area (Å²) in [4.78, 5) is 47.7. The Morgan fingerprint density at radius 2 is 1.84 bits per heavy atom. The molecule has 0 aliphatic carbocycles. The van der Waals surface area contributed by atoms with E-state index in [1.54, 1.807) is 26.2 Å². The molecule has 5 heterocycles. The average molecular weight is 780 g/mol. The van der Waals surface area contributed by atoms with Crippen molar-refractivity contribution in [2.75, 3.05) is 47.8 Å². The maximum Gasteiger partial charge on any atom is 0.410 e. The summed E-state index contributed by atoms with van der Waals surface area (Å²) in [6.07, 6.45) is 3.61. The van der Waals surface area contributed by atoms with Crippen LogP contribution in [0.4, 0.5) is 4.79 Å². The summed E-state index contributed by atoms with van der Waals surface area (Å²) in [6.45, 7) is 9.90. The molecule has 8 rings (SSSR count). The number of ether oxygens (including phenoxy) is 5. The number of hydrogen-bond acceptors (Lipinski definition) is 10. The van der Waals surface area contributed by atoms with Gasteiger partial charge in [-0.3, -0.25) is 15.0 Å². The van der Waals surface area contributed by atoms with Gasteiger partial charge < -0.3 is 38.6 Å². The van der Waals surface area contributed by atoms with Crippen LogP contribution in [0.3, 0.4) is 0 Å². The number of aromatic nitrogens is 4. The maximum atomic E-state index is 14.1. The second-order valence-corrected chi connectivity index (χ2v) is 16.4. The number of aromatic amines is 2. The molecule has 57 heavy (non-hydrogen) atoms. The molecular weight excluding hydrogens is 727 g/mol. The van der Waals surface area contributed by atoms with Gasteiger partial charge in [-0.1, -0.05) is 18.2 Å². The summed E-state index contributed by atoms with van der Waals surface area (Å²) >= 11 is 0. The van der Waals surface area contributed by atoms with Gasteiger partial charge in [0.2, 0.25) is 5.91 Å². The Morgan fingerprint density at radius 1 is 1.00 bits per heavy atom. The van der Waals surface area contributed by atoms with Gasteiger partial charge in [0.1, 0.15) is 35.6 Å². The third kappa shape index (κ3) is 7.59. The number of nitrogens with zero attached hydrogens (tertiary/aromatic N) is 4. The number of carbonyl (C=O) groups is 2. The third-order valence-electron chi connectivity index (χ3n) is 11.4. The summed E-state index contributed by atoms with van der Waals surface area (Å²) < 4.78 is 28.5. The Labute approximate surface area is 332 Å². The zero-order valence-corrected chi connectivity index (χ0v) is 33.8. The molecule has 0 saturated carbocycles. The number of likely N-dealkylation sites (tertiary alicyclic amines) is 2. The van der Waals surface area contributed by atoms with Gasteiger partial charge in [0.25, 0.3) is 0 Å². The van der Waals surface area contributed by atoms with Crippen LogP contribution in [0.15, 0.2) is 48.7 Å². The van der Waals surface area contributed by atoms with E-state index in [9.17, 15) is 9.59 Å². The molecule has 3 aliphatic heterocycles. The van der Waals surface area contributed by atoms with Crippen molar-refractivity contribution < 1.29 is 33.3 Å². The highest BCUT2D eigenvalue weighted by Gasteiger charge is 2.42. The second kappa shape index (κ2) is 15.7. The summed E-state index contributed by atoms with van der Waals surface area (Å²) in [7, 11) is 4.89. The van der Waals surface area contributed by atoms with Crippen molar-refractivity contribution in [3.63, 3.8) is 0 Å². The fraction of sp³-hybridized carbons (Fsp3) is 0.488. The monoisotopic (exact) mass is 779 g/mol. The number of H-pyrrole nitrogens is 2. The lowest BCUT2D eigenvalue weighted by atomic mass is 9.92. The van der Waals surface area contributed by atoms with E-state index < -0.39 is 11.6 Å². The van der Waals surface area contributed by atoms with E-state index in [1.165, 1.54) is 0 Å². The minimum Gasteiger partial charge on any atom is -0.488 e. The molecular formula is C43H53N7O7. The molecule has 0 spiro atoms. The molecule has 5 atom stereocenters. The number of carbonyl (C=O) groups excluding carboxylic acids is 2. The average Bonchev–Trinajstić information content (AvgIpc) is 4.02. The Hall–Kier alpha value is -5.02. The van der Waals surface area contributed by atoms with Gasteiger partial charge in [-0.2, -0.15) is 0 Å². The van der Waals surface area contributed by atoms with E-state index in [0.717, 1.165) is 86.4 Å². The Kier molecular flexibility index (Phi) is 10.7. The summed E-state index contributed by atoms with van der Waals surface area (Å²) in [5, 5.41) is 5.22. The minimum absolute atomic E-state index is 0.0637. The topological polar surface area (TPSA) is 156 Å². The highest BCUT2D eigenvalue weighted by molar-refractivity contribution is 6.07. The van der Waals surface area contributed by atoms with Gasteiger partial charge in [0, 0.05) is 51.3 Å². The highest BCUT2D eigenvalue weighted by Crippen LogP contribution is 2.44. The van der Waals surface area contributed by atoms with E-state index >= 15 is 0 Å². The zero-order chi connectivity index (χ0) is 40.0. The van der Waals surface area contributed by atoms with Gasteiger partial charge in [0.15, 0.2) is 0 Å². The molecule has 0 bridgehead atoms. The van der Waals surface area contributed by atoms with E-state index in [2.05, 4.69) is 57.7 Å². The van der Waals surface area contributed by atoms with Crippen molar-refractivity contribution in [2.24, 2.45) is 5.92 Å². The predicted octanol–water partition coefficient (Wildman–Crippen LogP) is 6.87. The van der Waals surface area contributed by atoms with Gasteiger partial charge in [-0.05, 0) is 93.3 Å². The molecule has 14 heteroatoms. The largest absolute Gasteiger partial charge is 0.488 e. The lowest BCUT2D eigenvalue weighted by Gasteiger charge is -2.31. The molecule has 302 valence electrons. The van der Waals surface area contributed by atoms with Crippen LogP contribution in [0.2, 0.25) is 0 Å². The SMILES string of the molecule is COCN[C@H](C(=O)N1C[C@@H](COC)C[C@H]1c1nc2c(ccc3cc4c(cc32)OCc2cc(-c3cnc([C@@H]5CCCN5C(=O)OC(C)(C)C)[nH]3)ccc2-4)[nH]1)[C@@H](C)OC. The molecule has 2 saturated heterocycles. The fourth-order valence-electron chi connectivity index (χ4n) is 8.60. The second-order valence-electron chi connectivity index (χ2n) is 16.4. The van der Waals surface area contributed by atoms with E-state index in [4.69, 9.17) is 33.7 Å². The van der Waals surface area contributed by atoms with Crippen LogP contribution in [0.25, 0.3) is 44.2 Å². The molecule has 2 aromatic heterocycles. The van der Waals surface area contributed by atoms with Crippen LogP contribution in [0.1, 0.15) is 76.3 Å². The number of methoxy groups -OCH3 is 3. The molecule has 14 nitrogen and oxygen atoms in total. The van der Waals surface area contributed by atoms with Crippen LogP contribution in [0, 0.1) is 5.92 Å². The first-order valence-corrected chi connectivity index (χ1v) is 19.8. The van der Waals surface area contributed by atoms with E-state index in [-0.39, 0.29) is 42.8 Å². The Bertz CT molecular complexity index is 2280. The molecule has 0 radical (unpaired) electrons. The smallest absolute Gasteiger partial charge is 0.410 e. The first kappa shape index (κ1) is 38.8. The van der Waals surface area contributed by atoms with Crippen molar-refractivity contribution in [3.05, 3.63) is 65.9 Å². The number of rotatable bonds is 11. The number of fused-ring (bicyclic) bond motifs is 6. The van der Waals surface area contributed by atoms with Crippen molar-refractivity contribution in [1.82, 2.24) is 35.1 Å². The third-order valence-corrected chi connectivity index (χ3v) is 11.4. The standard InChI is InChI=1S/C43H53N7O7/c1-24(55-7)37(45-23-54-6)41(51)50-20-25(21-53-5)15-35(50)40-46-32-13-11-26-17-31-29-12-10-27(16-28(29)22-56-36(31)18-30(26)38(32)48-40)33-19-44-39(47-33)34-9-8-14-49(34)42(52)57-43(2,3)4/h10-13,16-19,24-25,34-35,37,45H,8-9,14-15,20-23H2,1-7H3,(H,44,47)(H,46,48)/t24-,25+,34+,35+,37+/m1/s1. The first-order valence-electron chi connectivity index (χ1n) is 19.8. The maximum absolute atomic E-state index is 14.1. The summed E-state index contributed by atoms with van der Waals surface area (Å²) in [5.41, 5.74) is 6.26. The molecule has 0 unspecified atom stereocenters. The molecule has 2 amide bonds. The van der Waals surface area contributed by atoms with Gasteiger partial charge in [0.05, 0.1) is 54.4 Å². The summed E-state index contributed by atoms with van der Waals surface area (Å²) in [6, 6.07) is 13.8. The summed E-state index contributed by atoms with van der Waals surface area (Å²) in [5.74, 6) is 2.40. The van der Waals surface area contributed by atoms with Crippen molar-refractivity contribution in [1.29, 1.82) is 0 Å². The number of amides is 2. The normalized spacial score (nSPS) is 20.4. The lowest BCUT2D eigenvalue weighted by molar-refractivity contribution is -0.138. The molecule has 5 aromatic rings. The quantitative estimate of drug-likeness (QED) is 0.121. The fourth-order valence-corrected chi connectivity index (χ4v) is 8.60. The molecule has 3 aliphatic rings. The molecule has 2 fully saturated rings. The predicted molar refractivity (Wildman–Crippen MR) is 216 cm³/mol. The van der Waals surface area contributed by atoms with Gasteiger partial charge in [-0.25, -0.2) is 14.8 Å². The van der Waals surface area contributed by atoms with Crippen molar-refractivity contribution in [3.8, 4) is 28.1 Å². The Morgan fingerprint density at radius 3 is 2.61 bits per heavy atom. The van der Waals surface area contributed by atoms with Gasteiger partial charge >= 0.3 is 6.09 Å². The number of benzene rings is 3. The minimum atomic E-state index is -0.586. The van der Waals surface area contributed by atoms with E-state index in [1.807, 2.05) is 38.8 Å². The van der Waals surface area contributed by atoms with Crippen LogP contribution in [-0.2, 0) is 30.3 Å². The lowest BCUT2D eigenvalue weighted by Crippen LogP contribution is -2.53. The van der Waals surface area contributed by atoms with Crippen molar-refractivity contribution in [2.45, 2.75) is 83.4 Å². The number of nitrogens with one attached hydrogen (secondary N) is 3. The van der Waals surface area contributed by atoms with Crippen LogP contribution in [0.5, 0.6) is 5.75 Å². The zero-order valence-electron chi connectivity index (χ0n) is 33.8. The number of imidazole rings is 2. The van der Waals surface area contributed by atoms with Crippen LogP contribution < -0.4 is 10.1 Å². The van der Waals surface area contributed by atoms with E-state index in [0.29, 0.717) is 26.3 Å². The van der Waals surface area contributed by atoms with Crippen LogP contribution >= 0.6 is 0 Å². The molecule has 3 aromatic carbocycles.